The first kappa shape index (κ1) is 13.8. The fraction of sp³-hybridized carbons (Fsp3) is 0.231. The zero-order chi connectivity index (χ0) is 13.4. The van der Waals surface area contributed by atoms with Crippen molar-refractivity contribution in [3.05, 3.63) is 36.9 Å². The smallest absolute Gasteiger partial charge is 0.313 e. The summed E-state index contributed by atoms with van der Waals surface area (Å²) in [5, 5.41) is 4.90. The molecule has 0 saturated heterocycles. The third-order valence-corrected chi connectivity index (χ3v) is 2.02. The highest BCUT2D eigenvalue weighted by Crippen LogP contribution is 2.15. The topological polar surface area (TPSA) is 67.4 Å². The average Bonchev–Trinajstić information content (AvgIpc) is 2.38. The molecule has 2 N–H and O–H groups in total. The highest BCUT2D eigenvalue weighted by atomic mass is 16.5. The summed E-state index contributed by atoms with van der Waals surface area (Å²) in [6.07, 6.45) is 1.64. The minimum atomic E-state index is -0.684. The number of carbonyl (C=O) groups is 2. The molecule has 0 radical (unpaired) electrons. The quantitative estimate of drug-likeness (QED) is 0.610. The normalized spacial score (nSPS) is 9.39. The van der Waals surface area contributed by atoms with Crippen LogP contribution >= 0.6 is 0 Å². The summed E-state index contributed by atoms with van der Waals surface area (Å²) in [6, 6.07) is 6.73. The molecule has 0 aliphatic rings. The SMILES string of the molecule is C=CCOc1ccc(NC(=O)C(=O)NCC)cc1. The summed E-state index contributed by atoms with van der Waals surface area (Å²) >= 11 is 0. The van der Waals surface area contributed by atoms with E-state index in [1.165, 1.54) is 0 Å². The molecular formula is C13H16N2O3. The second-order valence-electron chi connectivity index (χ2n) is 3.44. The Morgan fingerprint density at radius 2 is 1.94 bits per heavy atom. The molecule has 0 fully saturated rings. The van der Waals surface area contributed by atoms with E-state index in [1.807, 2.05) is 0 Å². The molecule has 0 atom stereocenters. The van der Waals surface area contributed by atoms with Crippen LogP contribution in [0.4, 0.5) is 5.69 Å². The van der Waals surface area contributed by atoms with Gasteiger partial charge in [-0.3, -0.25) is 9.59 Å². The Kier molecular flexibility index (Phi) is 5.44. The second-order valence-corrected chi connectivity index (χ2v) is 3.44. The standard InChI is InChI=1S/C13H16N2O3/c1-3-9-18-11-7-5-10(6-8-11)15-13(17)12(16)14-4-2/h3,5-8H,1,4,9H2,2H3,(H,14,16)(H,15,17). The Bertz CT molecular complexity index is 426. The van der Waals surface area contributed by atoms with Gasteiger partial charge in [0.15, 0.2) is 0 Å². The van der Waals surface area contributed by atoms with Gasteiger partial charge in [-0.15, -0.1) is 0 Å². The molecule has 0 aliphatic heterocycles. The lowest BCUT2D eigenvalue weighted by Crippen LogP contribution is -2.35. The first-order valence-electron chi connectivity index (χ1n) is 5.60. The Labute approximate surface area is 106 Å². The van der Waals surface area contributed by atoms with Crippen molar-refractivity contribution in [2.45, 2.75) is 6.92 Å². The average molecular weight is 248 g/mol. The summed E-state index contributed by atoms with van der Waals surface area (Å²) in [5.74, 6) is -0.660. The molecular weight excluding hydrogens is 232 g/mol. The van der Waals surface area contributed by atoms with E-state index in [9.17, 15) is 9.59 Å². The molecule has 96 valence electrons. The molecule has 0 spiro atoms. The van der Waals surface area contributed by atoms with Gasteiger partial charge < -0.3 is 15.4 Å². The van der Waals surface area contributed by atoms with Gasteiger partial charge >= 0.3 is 11.8 Å². The number of nitrogens with one attached hydrogen (secondary N) is 2. The van der Waals surface area contributed by atoms with E-state index in [1.54, 1.807) is 37.3 Å². The number of benzene rings is 1. The number of hydrogen-bond donors (Lipinski definition) is 2. The fourth-order valence-corrected chi connectivity index (χ4v) is 1.22. The van der Waals surface area contributed by atoms with Gasteiger partial charge in [-0.05, 0) is 31.2 Å². The van der Waals surface area contributed by atoms with Gasteiger partial charge in [0.2, 0.25) is 0 Å². The lowest BCUT2D eigenvalue weighted by atomic mass is 10.3. The molecule has 1 rings (SSSR count). The number of ether oxygens (including phenoxy) is 1. The van der Waals surface area contributed by atoms with E-state index in [0.717, 1.165) is 0 Å². The van der Waals surface area contributed by atoms with Gasteiger partial charge in [0.05, 0.1) is 0 Å². The van der Waals surface area contributed by atoms with Crippen LogP contribution in [0.3, 0.4) is 0 Å². The van der Waals surface area contributed by atoms with Gasteiger partial charge in [0, 0.05) is 12.2 Å². The van der Waals surface area contributed by atoms with Crippen molar-refractivity contribution in [1.29, 1.82) is 0 Å². The highest BCUT2D eigenvalue weighted by molar-refractivity contribution is 6.39. The summed E-state index contributed by atoms with van der Waals surface area (Å²) in [5.41, 5.74) is 0.539. The van der Waals surface area contributed by atoms with Crippen molar-refractivity contribution in [2.24, 2.45) is 0 Å². The molecule has 18 heavy (non-hydrogen) atoms. The van der Waals surface area contributed by atoms with Crippen LogP contribution in [0.2, 0.25) is 0 Å². The van der Waals surface area contributed by atoms with Crippen molar-refractivity contribution in [1.82, 2.24) is 5.32 Å². The van der Waals surface area contributed by atoms with E-state index < -0.39 is 11.8 Å². The third-order valence-electron chi connectivity index (χ3n) is 2.02. The van der Waals surface area contributed by atoms with Crippen LogP contribution in [-0.2, 0) is 9.59 Å². The summed E-state index contributed by atoms with van der Waals surface area (Å²) in [6.45, 7) is 6.13. The molecule has 0 saturated carbocycles. The predicted molar refractivity (Wildman–Crippen MR) is 69.4 cm³/mol. The molecule has 0 bridgehead atoms. The maximum Gasteiger partial charge on any atom is 0.313 e. The van der Waals surface area contributed by atoms with Crippen molar-refractivity contribution in [3.8, 4) is 5.75 Å². The van der Waals surface area contributed by atoms with Gasteiger partial charge in [0.25, 0.3) is 0 Å². The van der Waals surface area contributed by atoms with E-state index in [0.29, 0.717) is 24.6 Å². The van der Waals surface area contributed by atoms with Gasteiger partial charge in [-0.1, -0.05) is 12.7 Å². The monoisotopic (exact) mass is 248 g/mol. The summed E-state index contributed by atoms with van der Waals surface area (Å²) in [7, 11) is 0. The van der Waals surface area contributed by atoms with Crippen LogP contribution < -0.4 is 15.4 Å². The van der Waals surface area contributed by atoms with Crippen molar-refractivity contribution >= 4 is 17.5 Å². The maximum atomic E-state index is 11.4. The lowest BCUT2D eigenvalue weighted by Gasteiger charge is -2.06. The second kappa shape index (κ2) is 7.11. The minimum absolute atomic E-state index is 0.417. The van der Waals surface area contributed by atoms with Gasteiger partial charge in [-0.2, -0.15) is 0 Å². The molecule has 0 unspecified atom stereocenters. The molecule has 2 amide bonds. The van der Waals surface area contributed by atoms with Crippen molar-refractivity contribution in [2.75, 3.05) is 18.5 Å². The first-order chi connectivity index (χ1) is 8.67. The summed E-state index contributed by atoms with van der Waals surface area (Å²) in [4.78, 5) is 22.6. The number of rotatable bonds is 5. The van der Waals surface area contributed by atoms with E-state index in [4.69, 9.17) is 4.74 Å². The van der Waals surface area contributed by atoms with Crippen LogP contribution in [0.5, 0.6) is 5.75 Å². The predicted octanol–water partition coefficient (Wildman–Crippen LogP) is 1.33. The highest BCUT2D eigenvalue weighted by Gasteiger charge is 2.11. The van der Waals surface area contributed by atoms with E-state index in [-0.39, 0.29) is 0 Å². The fourth-order valence-electron chi connectivity index (χ4n) is 1.22. The third kappa shape index (κ3) is 4.29. The minimum Gasteiger partial charge on any atom is -0.490 e. The van der Waals surface area contributed by atoms with Crippen LogP contribution in [0.1, 0.15) is 6.92 Å². The molecule has 5 nitrogen and oxygen atoms in total. The van der Waals surface area contributed by atoms with Crippen molar-refractivity contribution in [3.63, 3.8) is 0 Å². The number of anilines is 1. The number of hydrogen-bond acceptors (Lipinski definition) is 3. The van der Waals surface area contributed by atoms with Gasteiger partial charge in [0.1, 0.15) is 12.4 Å². The maximum absolute atomic E-state index is 11.4. The zero-order valence-corrected chi connectivity index (χ0v) is 10.2. The molecule has 5 heteroatoms. The lowest BCUT2D eigenvalue weighted by molar-refractivity contribution is -0.136. The van der Waals surface area contributed by atoms with Crippen molar-refractivity contribution < 1.29 is 14.3 Å². The van der Waals surface area contributed by atoms with Crippen LogP contribution in [0, 0.1) is 0 Å². The molecule has 1 aromatic carbocycles. The molecule has 1 aromatic rings. The van der Waals surface area contributed by atoms with Crippen LogP contribution in [0.15, 0.2) is 36.9 Å². The zero-order valence-electron chi connectivity index (χ0n) is 10.2. The first-order valence-corrected chi connectivity index (χ1v) is 5.60. The number of carbonyl (C=O) groups excluding carboxylic acids is 2. The van der Waals surface area contributed by atoms with Crippen LogP contribution in [0.25, 0.3) is 0 Å². The van der Waals surface area contributed by atoms with Gasteiger partial charge in [-0.25, -0.2) is 0 Å². The Hall–Kier alpha value is -2.30. The Morgan fingerprint density at radius 3 is 2.50 bits per heavy atom. The van der Waals surface area contributed by atoms with E-state index >= 15 is 0 Å². The molecule has 0 aromatic heterocycles. The molecule has 0 aliphatic carbocycles. The number of likely N-dealkylation sites (N-methyl/N-ethyl adjacent to an activating group) is 1. The van der Waals surface area contributed by atoms with Crippen LogP contribution in [-0.4, -0.2) is 25.0 Å². The summed E-state index contributed by atoms with van der Waals surface area (Å²) < 4.78 is 5.29. The largest absolute Gasteiger partial charge is 0.490 e. The molecule has 0 heterocycles. The number of amides is 2. The Balaban J connectivity index is 2.55. The Morgan fingerprint density at radius 1 is 1.28 bits per heavy atom. The van der Waals surface area contributed by atoms with E-state index in [2.05, 4.69) is 17.2 Å².